The third kappa shape index (κ3) is 3.97. The minimum Gasteiger partial charge on any atom is -0.462 e. The molecule has 1 atom stereocenters. The summed E-state index contributed by atoms with van der Waals surface area (Å²) in [6.45, 7) is 8.54. The number of allylic oxidation sites excluding steroid dienone is 3. The summed E-state index contributed by atoms with van der Waals surface area (Å²) in [5.74, 6) is -0.650. The summed E-state index contributed by atoms with van der Waals surface area (Å²) in [5, 5.41) is 3.35. The molecule has 5 nitrogen and oxygen atoms in total. The molecule has 0 radical (unpaired) electrons. The van der Waals surface area contributed by atoms with E-state index < -0.39 is 5.92 Å². The van der Waals surface area contributed by atoms with Gasteiger partial charge < -0.3 is 10.1 Å². The number of rotatable bonds is 5. The van der Waals surface area contributed by atoms with Crippen LogP contribution in [-0.4, -0.2) is 23.3 Å². The van der Waals surface area contributed by atoms with Gasteiger partial charge in [-0.05, 0) is 42.9 Å². The van der Waals surface area contributed by atoms with Gasteiger partial charge >= 0.3 is 5.97 Å². The van der Waals surface area contributed by atoms with E-state index in [2.05, 4.69) is 31.1 Å². The Morgan fingerprint density at radius 1 is 1.30 bits per heavy atom. The standard InChI is InChI=1S/C22H28N2O3/c1-5-6-11-27-21(26)18-14(2)24-16-12-22(3,4)13-17(25)20(16)19(18)15-7-9-23-10-8-15/h7-10,19,24H,5-6,11-13H2,1-4H3/t19-/m0/s1. The van der Waals surface area contributed by atoms with Gasteiger partial charge in [-0.3, -0.25) is 9.78 Å². The summed E-state index contributed by atoms with van der Waals surface area (Å²) in [6, 6.07) is 3.75. The molecule has 2 heterocycles. The normalized spacial score (nSPS) is 21.6. The molecular weight excluding hydrogens is 340 g/mol. The first-order valence-electron chi connectivity index (χ1n) is 9.65. The molecule has 3 rings (SSSR count). The maximum Gasteiger partial charge on any atom is 0.336 e. The highest BCUT2D eigenvalue weighted by molar-refractivity contribution is 6.04. The first-order valence-corrected chi connectivity index (χ1v) is 9.65. The Bertz CT molecular complexity index is 806. The molecule has 0 spiro atoms. The van der Waals surface area contributed by atoms with Crippen molar-refractivity contribution in [2.75, 3.05) is 6.61 Å². The molecule has 0 saturated heterocycles. The van der Waals surface area contributed by atoms with Crippen molar-refractivity contribution in [2.24, 2.45) is 5.41 Å². The molecule has 1 aliphatic carbocycles. The molecule has 0 unspecified atom stereocenters. The Hall–Kier alpha value is -2.43. The summed E-state index contributed by atoms with van der Waals surface area (Å²) < 4.78 is 5.51. The van der Waals surface area contributed by atoms with Gasteiger partial charge in [0, 0.05) is 41.7 Å². The number of ketones is 1. The number of ether oxygens (including phenoxy) is 1. The number of hydrogen-bond acceptors (Lipinski definition) is 5. The number of Topliss-reactive ketones (excluding diaryl/α,β-unsaturated/α-hetero) is 1. The Balaban J connectivity index is 2.06. The van der Waals surface area contributed by atoms with Crippen LogP contribution in [0.2, 0.25) is 0 Å². The average Bonchev–Trinajstić information content (AvgIpc) is 2.60. The van der Waals surface area contributed by atoms with Crippen molar-refractivity contribution < 1.29 is 14.3 Å². The molecule has 0 saturated carbocycles. The largest absolute Gasteiger partial charge is 0.462 e. The Morgan fingerprint density at radius 3 is 2.67 bits per heavy atom. The van der Waals surface area contributed by atoms with Crippen LogP contribution in [0.25, 0.3) is 0 Å². The maximum atomic E-state index is 13.1. The molecule has 0 amide bonds. The van der Waals surface area contributed by atoms with Crippen molar-refractivity contribution in [3.8, 4) is 0 Å². The molecule has 2 aliphatic rings. The fraction of sp³-hybridized carbons (Fsp3) is 0.500. The van der Waals surface area contributed by atoms with Crippen molar-refractivity contribution >= 4 is 11.8 Å². The van der Waals surface area contributed by atoms with E-state index in [0.717, 1.165) is 36.2 Å². The lowest BCUT2D eigenvalue weighted by atomic mass is 9.68. The Kier molecular flexibility index (Phi) is 5.49. The van der Waals surface area contributed by atoms with Crippen LogP contribution in [0.1, 0.15) is 64.9 Å². The third-order valence-corrected chi connectivity index (χ3v) is 5.23. The second-order valence-corrected chi connectivity index (χ2v) is 8.20. The van der Waals surface area contributed by atoms with E-state index in [1.54, 1.807) is 12.4 Å². The van der Waals surface area contributed by atoms with Gasteiger partial charge in [0.1, 0.15) is 0 Å². The van der Waals surface area contributed by atoms with Crippen LogP contribution >= 0.6 is 0 Å². The topological polar surface area (TPSA) is 68.3 Å². The maximum absolute atomic E-state index is 13.1. The number of hydrogen-bond donors (Lipinski definition) is 1. The number of aromatic nitrogens is 1. The molecule has 0 aromatic carbocycles. The van der Waals surface area contributed by atoms with Gasteiger partial charge in [0.15, 0.2) is 5.78 Å². The van der Waals surface area contributed by atoms with Crippen molar-refractivity contribution in [1.29, 1.82) is 0 Å². The van der Waals surface area contributed by atoms with Crippen molar-refractivity contribution in [3.05, 3.63) is 52.6 Å². The summed E-state index contributed by atoms with van der Waals surface area (Å²) in [4.78, 5) is 30.1. The zero-order valence-electron chi connectivity index (χ0n) is 16.6. The number of esters is 1. The molecule has 5 heteroatoms. The molecule has 27 heavy (non-hydrogen) atoms. The first-order chi connectivity index (χ1) is 12.8. The van der Waals surface area contributed by atoms with Crippen molar-refractivity contribution in [2.45, 2.75) is 59.3 Å². The number of carbonyl (C=O) groups is 2. The zero-order valence-corrected chi connectivity index (χ0v) is 16.6. The van der Waals surface area contributed by atoms with Gasteiger partial charge in [-0.15, -0.1) is 0 Å². The number of dihydropyridines is 1. The predicted octanol–water partition coefficient (Wildman–Crippen LogP) is 4.03. The number of nitrogens with zero attached hydrogens (tertiary/aromatic N) is 1. The average molecular weight is 368 g/mol. The van der Waals surface area contributed by atoms with Crippen LogP contribution < -0.4 is 5.32 Å². The number of pyridine rings is 1. The summed E-state index contributed by atoms with van der Waals surface area (Å²) in [5.41, 5.74) is 3.74. The Labute approximate surface area is 160 Å². The predicted molar refractivity (Wildman–Crippen MR) is 104 cm³/mol. The zero-order chi connectivity index (χ0) is 19.6. The number of unbranched alkanes of at least 4 members (excludes halogenated alkanes) is 1. The number of carbonyl (C=O) groups excluding carboxylic acids is 2. The first kappa shape index (κ1) is 19.3. The third-order valence-electron chi connectivity index (χ3n) is 5.23. The van der Waals surface area contributed by atoms with Gasteiger partial charge in [-0.1, -0.05) is 27.2 Å². The van der Waals surface area contributed by atoms with E-state index in [4.69, 9.17) is 4.74 Å². The van der Waals surface area contributed by atoms with Gasteiger partial charge in [0.2, 0.25) is 0 Å². The number of nitrogens with one attached hydrogen (secondary N) is 1. The van der Waals surface area contributed by atoms with Crippen LogP contribution in [0.15, 0.2) is 47.1 Å². The van der Waals surface area contributed by atoms with E-state index in [-0.39, 0.29) is 17.2 Å². The second kappa shape index (κ2) is 7.67. The summed E-state index contributed by atoms with van der Waals surface area (Å²) >= 11 is 0. The van der Waals surface area contributed by atoms with Crippen LogP contribution in [0, 0.1) is 5.41 Å². The SMILES string of the molecule is CCCCOC(=O)C1=C(C)NC2=C(C(=O)CC(C)(C)C2)[C@H]1c1ccncc1. The van der Waals surface area contributed by atoms with Crippen molar-refractivity contribution in [3.63, 3.8) is 0 Å². The molecule has 0 fully saturated rings. The molecule has 1 aromatic heterocycles. The van der Waals surface area contributed by atoms with Crippen LogP contribution in [0.5, 0.6) is 0 Å². The lowest BCUT2D eigenvalue weighted by Crippen LogP contribution is -2.38. The van der Waals surface area contributed by atoms with Gasteiger partial charge in [-0.25, -0.2) is 4.79 Å². The van der Waals surface area contributed by atoms with Gasteiger partial charge in [0.25, 0.3) is 0 Å². The van der Waals surface area contributed by atoms with Gasteiger partial charge in [0.05, 0.1) is 12.2 Å². The summed E-state index contributed by atoms with van der Waals surface area (Å²) in [6.07, 6.45) is 6.44. The smallest absolute Gasteiger partial charge is 0.336 e. The highest BCUT2D eigenvalue weighted by atomic mass is 16.5. The lowest BCUT2D eigenvalue weighted by molar-refractivity contribution is -0.139. The van der Waals surface area contributed by atoms with E-state index in [1.165, 1.54) is 0 Å². The molecular formula is C22H28N2O3. The van der Waals surface area contributed by atoms with Crippen molar-refractivity contribution in [1.82, 2.24) is 10.3 Å². The van der Waals surface area contributed by atoms with E-state index in [0.29, 0.717) is 24.2 Å². The lowest BCUT2D eigenvalue weighted by Gasteiger charge is -2.39. The fourth-order valence-electron chi connectivity index (χ4n) is 3.98. The molecule has 0 bridgehead atoms. The summed E-state index contributed by atoms with van der Waals surface area (Å²) in [7, 11) is 0. The fourth-order valence-corrected chi connectivity index (χ4v) is 3.98. The van der Waals surface area contributed by atoms with E-state index in [9.17, 15) is 9.59 Å². The molecule has 1 N–H and O–H groups in total. The van der Waals surface area contributed by atoms with Crippen LogP contribution in [0.3, 0.4) is 0 Å². The molecule has 1 aliphatic heterocycles. The van der Waals surface area contributed by atoms with E-state index >= 15 is 0 Å². The van der Waals surface area contributed by atoms with Gasteiger partial charge in [-0.2, -0.15) is 0 Å². The van der Waals surface area contributed by atoms with E-state index in [1.807, 2.05) is 19.1 Å². The van der Waals surface area contributed by atoms with Crippen LogP contribution in [0.4, 0.5) is 0 Å². The van der Waals surface area contributed by atoms with Crippen LogP contribution in [-0.2, 0) is 14.3 Å². The molecule has 144 valence electrons. The molecule has 1 aromatic rings. The highest BCUT2D eigenvalue weighted by Crippen LogP contribution is 2.46. The monoisotopic (exact) mass is 368 g/mol. The quantitative estimate of drug-likeness (QED) is 0.628. The minimum absolute atomic E-state index is 0.0921. The highest BCUT2D eigenvalue weighted by Gasteiger charge is 2.43. The second-order valence-electron chi connectivity index (χ2n) is 8.20. The Morgan fingerprint density at radius 2 is 2.00 bits per heavy atom. The minimum atomic E-state index is -0.401.